The molecule has 1 aliphatic heterocycles. The van der Waals surface area contributed by atoms with Crippen molar-refractivity contribution in [2.75, 3.05) is 19.6 Å². The second-order valence-corrected chi connectivity index (χ2v) is 4.31. The van der Waals surface area contributed by atoms with E-state index in [1.165, 1.54) is 10.6 Å². The van der Waals surface area contributed by atoms with Crippen LogP contribution in [-0.2, 0) is 9.59 Å². The average molecular weight is 232 g/mol. The predicted molar refractivity (Wildman–Crippen MR) is 63.8 cm³/mol. The lowest BCUT2D eigenvalue weighted by Crippen LogP contribution is -2.38. The number of nitrogens with one attached hydrogen (secondary N) is 1. The first-order valence-electron chi connectivity index (χ1n) is 5.95. The molecule has 0 saturated heterocycles. The number of carbonyl (C=O) groups is 2. The molecule has 0 unspecified atom stereocenters. The highest BCUT2D eigenvalue weighted by molar-refractivity contribution is 5.99. The van der Waals surface area contributed by atoms with Crippen LogP contribution >= 0.6 is 0 Å². The minimum atomic E-state index is -0.241. The number of nitrogens with zero attached hydrogens (tertiary/aromatic N) is 1. The summed E-state index contributed by atoms with van der Waals surface area (Å²) in [7, 11) is 0. The Balaban J connectivity index is 1.75. The van der Waals surface area contributed by atoms with Crippen molar-refractivity contribution in [3.05, 3.63) is 11.8 Å². The molecule has 1 N–H and O–H groups in total. The minimum Gasteiger partial charge on any atom is -0.386 e. The summed E-state index contributed by atoms with van der Waals surface area (Å²) in [6, 6.07) is 0. The van der Waals surface area contributed by atoms with Crippen LogP contribution in [0.4, 0.5) is 0 Å². The summed E-state index contributed by atoms with van der Waals surface area (Å²) in [5.74, 6) is 5.42. The molecule has 2 aliphatic rings. The van der Waals surface area contributed by atoms with Gasteiger partial charge >= 0.3 is 0 Å². The molecule has 1 amide bonds. The van der Waals surface area contributed by atoms with Gasteiger partial charge in [0.2, 0.25) is 0 Å². The van der Waals surface area contributed by atoms with Crippen LogP contribution in [0.3, 0.4) is 0 Å². The van der Waals surface area contributed by atoms with E-state index in [0.717, 1.165) is 6.42 Å². The topological polar surface area (TPSA) is 49.4 Å². The van der Waals surface area contributed by atoms with Gasteiger partial charge in [0.25, 0.3) is 5.91 Å². The molecule has 0 saturated carbocycles. The number of Topliss-reactive ketones (excluding diaryl/α,β-unsaturated/α-hetero) is 1. The number of allylic oxidation sites excluding steroid dienone is 2. The molecule has 2 rings (SSSR count). The highest BCUT2D eigenvalue weighted by Crippen LogP contribution is 2.28. The molecular weight excluding hydrogens is 216 g/mol. The van der Waals surface area contributed by atoms with Crippen molar-refractivity contribution in [2.45, 2.75) is 19.8 Å². The molecule has 0 aromatic carbocycles. The van der Waals surface area contributed by atoms with Crippen LogP contribution in [0.2, 0.25) is 0 Å². The highest BCUT2D eigenvalue weighted by atomic mass is 16.2. The molecule has 4 nitrogen and oxygen atoms in total. The van der Waals surface area contributed by atoms with Crippen molar-refractivity contribution in [3.8, 4) is 11.8 Å². The fourth-order valence-corrected chi connectivity index (χ4v) is 1.85. The summed E-state index contributed by atoms with van der Waals surface area (Å²) in [5.41, 5.74) is 1.26. The predicted octanol–water partition coefficient (Wildman–Crippen LogP) is 0.304. The maximum Gasteiger partial charge on any atom is 0.298 e. The smallest absolute Gasteiger partial charge is 0.298 e. The standard InChI is InChI=1S/C13H16N2O2/c1-2-10-8-12(10)14-6-7-15-9-11(16)4-3-5-13(15)17/h8,10,14H,2,4,6-7,9H2,1H3/t10-/m0/s1. The van der Waals surface area contributed by atoms with Crippen molar-refractivity contribution >= 4 is 11.7 Å². The molecule has 0 bridgehead atoms. The monoisotopic (exact) mass is 232 g/mol. The van der Waals surface area contributed by atoms with Gasteiger partial charge in [0, 0.05) is 24.7 Å². The molecule has 17 heavy (non-hydrogen) atoms. The Kier molecular flexibility index (Phi) is 3.48. The van der Waals surface area contributed by atoms with E-state index in [1.807, 2.05) is 0 Å². The van der Waals surface area contributed by atoms with E-state index in [4.69, 9.17) is 0 Å². The van der Waals surface area contributed by atoms with Gasteiger partial charge in [-0.3, -0.25) is 9.59 Å². The van der Waals surface area contributed by atoms with Crippen molar-refractivity contribution in [3.63, 3.8) is 0 Å². The summed E-state index contributed by atoms with van der Waals surface area (Å²) in [4.78, 5) is 24.4. The molecule has 0 spiro atoms. The lowest BCUT2D eigenvalue weighted by atomic mass is 10.3. The Bertz CT molecular complexity index is 428. The van der Waals surface area contributed by atoms with Gasteiger partial charge < -0.3 is 10.2 Å². The summed E-state index contributed by atoms with van der Waals surface area (Å²) >= 11 is 0. The van der Waals surface area contributed by atoms with Gasteiger partial charge in [-0.15, -0.1) is 0 Å². The molecule has 1 aliphatic carbocycles. The normalized spacial score (nSPS) is 22.5. The maximum atomic E-state index is 11.5. The highest BCUT2D eigenvalue weighted by Gasteiger charge is 2.22. The van der Waals surface area contributed by atoms with E-state index >= 15 is 0 Å². The zero-order valence-corrected chi connectivity index (χ0v) is 9.95. The van der Waals surface area contributed by atoms with Gasteiger partial charge in [0.1, 0.15) is 0 Å². The number of hydrogen-bond acceptors (Lipinski definition) is 3. The van der Waals surface area contributed by atoms with Crippen LogP contribution < -0.4 is 5.32 Å². The van der Waals surface area contributed by atoms with E-state index in [9.17, 15) is 9.59 Å². The van der Waals surface area contributed by atoms with E-state index in [0.29, 0.717) is 19.0 Å². The third kappa shape index (κ3) is 3.10. The van der Waals surface area contributed by atoms with Gasteiger partial charge in [-0.25, -0.2) is 0 Å². The summed E-state index contributed by atoms with van der Waals surface area (Å²) in [6.07, 6.45) is 3.49. The van der Waals surface area contributed by atoms with Crippen LogP contribution in [-0.4, -0.2) is 36.2 Å². The number of hydrogen-bond donors (Lipinski definition) is 1. The Morgan fingerprint density at radius 3 is 3.06 bits per heavy atom. The summed E-state index contributed by atoms with van der Waals surface area (Å²) in [5, 5.41) is 3.27. The third-order valence-corrected chi connectivity index (χ3v) is 2.96. The second kappa shape index (κ2) is 5.05. The second-order valence-electron chi connectivity index (χ2n) is 4.31. The van der Waals surface area contributed by atoms with Crippen LogP contribution in [0.25, 0.3) is 0 Å². The SMILES string of the molecule is CC[C@H]1C=C1NCCN1CC(=O)CC#CC1=O. The summed E-state index contributed by atoms with van der Waals surface area (Å²) < 4.78 is 0. The van der Waals surface area contributed by atoms with Gasteiger partial charge in [-0.05, 0) is 12.3 Å². The minimum absolute atomic E-state index is 0.0143. The van der Waals surface area contributed by atoms with Crippen LogP contribution in [0.15, 0.2) is 11.8 Å². The number of rotatable bonds is 5. The quantitative estimate of drug-likeness (QED) is 0.694. The lowest BCUT2D eigenvalue weighted by molar-refractivity contribution is -0.130. The van der Waals surface area contributed by atoms with E-state index in [-0.39, 0.29) is 24.7 Å². The Morgan fingerprint density at radius 2 is 2.35 bits per heavy atom. The van der Waals surface area contributed by atoms with Crippen molar-refractivity contribution in [1.82, 2.24) is 10.2 Å². The summed E-state index contributed by atoms with van der Waals surface area (Å²) in [6.45, 7) is 3.54. The average Bonchev–Trinajstić information content (AvgIpc) is 3.06. The van der Waals surface area contributed by atoms with E-state index < -0.39 is 0 Å². The molecule has 0 fully saturated rings. The van der Waals surface area contributed by atoms with Crippen molar-refractivity contribution in [2.24, 2.45) is 5.92 Å². The van der Waals surface area contributed by atoms with Gasteiger partial charge in [0.15, 0.2) is 5.78 Å². The fraction of sp³-hybridized carbons (Fsp3) is 0.538. The Labute approximate surface area is 101 Å². The first kappa shape index (κ1) is 11.7. The van der Waals surface area contributed by atoms with E-state index in [1.54, 1.807) is 0 Å². The lowest BCUT2D eigenvalue weighted by Gasteiger charge is -2.18. The fourth-order valence-electron chi connectivity index (χ4n) is 1.85. The van der Waals surface area contributed by atoms with Crippen molar-refractivity contribution < 1.29 is 9.59 Å². The Morgan fingerprint density at radius 1 is 1.53 bits per heavy atom. The molecular formula is C13H16N2O2. The number of ketones is 1. The Hall–Kier alpha value is -1.76. The van der Waals surface area contributed by atoms with Crippen molar-refractivity contribution in [1.29, 1.82) is 0 Å². The van der Waals surface area contributed by atoms with Gasteiger partial charge in [-0.1, -0.05) is 18.9 Å². The number of amides is 1. The molecule has 0 aromatic rings. The zero-order valence-electron chi connectivity index (χ0n) is 9.95. The molecule has 1 atom stereocenters. The van der Waals surface area contributed by atoms with Crippen LogP contribution in [0, 0.1) is 17.8 Å². The molecule has 4 heteroatoms. The molecule has 1 heterocycles. The van der Waals surface area contributed by atoms with E-state index in [2.05, 4.69) is 30.2 Å². The molecule has 0 radical (unpaired) electrons. The van der Waals surface area contributed by atoms with Gasteiger partial charge in [0.05, 0.1) is 13.0 Å². The van der Waals surface area contributed by atoms with Crippen LogP contribution in [0.1, 0.15) is 19.8 Å². The molecule has 90 valence electrons. The number of carbonyl (C=O) groups excluding carboxylic acids is 2. The maximum absolute atomic E-state index is 11.5. The largest absolute Gasteiger partial charge is 0.386 e. The first-order chi connectivity index (χ1) is 8.20. The molecule has 0 aromatic heterocycles. The first-order valence-corrected chi connectivity index (χ1v) is 5.95. The van der Waals surface area contributed by atoms with Crippen LogP contribution in [0.5, 0.6) is 0 Å². The third-order valence-electron chi connectivity index (χ3n) is 2.96. The van der Waals surface area contributed by atoms with Gasteiger partial charge in [-0.2, -0.15) is 0 Å². The zero-order chi connectivity index (χ0) is 12.3.